The molecule has 0 saturated carbocycles. The Morgan fingerprint density at radius 3 is 0.765 bits per heavy atom. The molecule has 0 aromatic heterocycles. The van der Waals surface area contributed by atoms with E-state index >= 15 is 0 Å². The standard InChI is InChI=1S/2C4H6O4.Mg/c2*1-2(3(5)6)4(7)8;/h2*2H,1H3,(H,5,6)(H,7,8);. The van der Waals surface area contributed by atoms with Crippen molar-refractivity contribution in [1.82, 2.24) is 0 Å². The highest BCUT2D eigenvalue weighted by Gasteiger charge is 2.18. The minimum absolute atomic E-state index is 0. The molecular formula is C8H12MgO8. The average Bonchev–Trinajstić information content (AvgIpc) is 2.15. The smallest absolute Gasteiger partial charge is 0.317 e. The zero-order valence-electron chi connectivity index (χ0n) is 9.28. The van der Waals surface area contributed by atoms with Crippen LogP contribution in [0.5, 0.6) is 0 Å². The summed E-state index contributed by atoms with van der Waals surface area (Å²) < 4.78 is 0. The van der Waals surface area contributed by atoms with Crippen LogP contribution in [-0.2, 0) is 19.2 Å². The summed E-state index contributed by atoms with van der Waals surface area (Å²) >= 11 is 0. The molecule has 0 heterocycles. The molecule has 94 valence electrons. The molecule has 0 aromatic carbocycles. The molecule has 0 aliphatic heterocycles. The quantitative estimate of drug-likeness (QED) is 0.379. The normalized spacial score (nSPS) is 8.71. The summed E-state index contributed by atoms with van der Waals surface area (Å²) in [6.07, 6.45) is 0. The van der Waals surface area contributed by atoms with E-state index in [2.05, 4.69) is 0 Å². The van der Waals surface area contributed by atoms with Crippen LogP contribution in [0.3, 0.4) is 0 Å². The maximum absolute atomic E-state index is 9.76. The largest absolute Gasteiger partial charge is 0.481 e. The molecule has 0 aliphatic carbocycles. The van der Waals surface area contributed by atoms with E-state index in [1.165, 1.54) is 0 Å². The van der Waals surface area contributed by atoms with Crippen LogP contribution in [0.2, 0.25) is 0 Å². The van der Waals surface area contributed by atoms with Gasteiger partial charge in [0.2, 0.25) is 0 Å². The number of carboxylic acids is 4. The molecule has 0 aliphatic rings. The Hall–Kier alpha value is -1.35. The SMILES string of the molecule is CC(C(=O)O)C(=O)O.CC(C(=O)O)C(=O)O.[Mg]. The first-order valence-electron chi connectivity index (χ1n) is 4.02. The summed E-state index contributed by atoms with van der Waals surface area (Å²) in [5, 5.41) is 31.9. The molecule has 0 fully saturated rings. The molecule has 0 saturated heterocycles. The van der Waals surface area contributed by atoms with Gasteiger partial charge in [0.15, 0.2) is 11.8 Å². The average molecular weight is 260 g/mol. The van der Waals surface area contributed by atoms with Gasteiger partial charge in [-0.25, -0.2) is 0 Å². The van der Waals surface area contributed by atoms with Crippen molar-refractivity contribution in [3.05, 3.63) is 0 Å². The van der Waals surface area contributed by atoms with Gasteiger partial charge in [0.1, 0.15) is 0 Å². The highest BCUT2D eigenvalue weighted by atomic mass is 24.3. The molecule has 0 spiro atoms. The summed E-state index contributed by atoms with van der Waals surface area (Å²) in [6.45, 7) is 2.23. The van der Waals surface area contributed by atoms with Gasteiger partial charge in [0.05, 0.1) is 0 Å². The van der Waals surface area contributed by atoms with E-state index < -0.39 is 35.7 Å². The Kier molecular flexibility index (Phi) is 12.2. The first kappa shape index (κ1) is 21.0. The second kappa shape index (κ2) is 9.84. The zero-order chi connectivity index (χ0) is 13.5. The molecule has 0 amide bonds. The van der Waals surface area contributed by atoms with E-state index in [4.69, 9.17) is 20.4 Å². The molecule has 0 atom stereocenters. The minimum atomic E-state index is -1.31. The number of hydrogen-bond donors (Lipinski definition) is 4. The lowest BCUT2D eigenvalue weighted by molar-refractivity contribution is -0.155. The molecule has 0 unspecified atom stereocenters. The van der Waals surface area contributed by atoms with Gasteiger partial charge in [-0.05, 0) is 13.8 Å². The lowest BCUT2D eigenvalue weighted by atomic mass is 10.2. The lowest BCUT2D eigenvalue weighted by Crippen LogP contribution is -2.19. The molecule has 17 heavy (non-hydrogen) atoms. The topological polar surface area (TPSA) is 149 Å². The highest BCUT2D eigenvalue weighted by molar-refractivity contribution is 5.92. The Balaban J connectivity index is -0.000000218. The second-order valence-corrected chi connectivity index (χ2v) is 2.80. The van der Waals surface area contributed by atoms with Gasteiger partial charge >= 0.3 is 23.9 Å². The van der Waals surface area contributed by atoms with Crippen molar-refractivity contribution < 1.29 is 39.6 Å². The first-order chi connectivity index (χ1) is 7.11. The van der Waals surface area contributed by atoms with Crippen molar-refractivity contribution in [3.63, 3.8) is 0 Å². The van der Waals surface area contributed by atoms with Crippen LogP contribution >= 0.6 is 0 Å². The van der Waals surface area contributed by atoms with Crippen LogP contribution in [0.4, 0.5) is 0 Å². The fourth-order valence-corrected chi connectivity index (χ4v) is 0.211. The van der Waals surface area contributed by atoms with E-state index in [-0.39, 0.29) is 23.1 Å². The molecule has 9 heteroatoms. The Bertz CT molecular complexity index is 242. The maximum atomic E-state index is 9.76. The third kappa shape index (κ3) is 10.9. The zero-order valence-corrected chi connectivity index (χ0v) is 10.7. The summed E-state index contributed by atoms with van der Waals surface area (Å²) in [6, 6.07) is 0. The van der Waals surface area contributed by atoms with Crippen LogP contribution in [-0.4, -0.2) is 67.4 Å². The van der Waals surface area contributed by atoms with Gasteiger partial charge in [-0.15, -0.1) is 0 Å². The number of rotatable bonds is 4. The van der Waals surface area contributed by atoms with Crippen LogP contribution in [0, 0.1) is 11.8 Å². The molecule has 4 N–H and O–H groups in total. The van der Waals surface area contributed by atoms with Crippen LogP contribution in [0.15, 0.2) is 0 Å². The lowest BCUT2D eigenvalue weighted by Gasteiger charge is -1.94. The van der Waals surface area contributed by atoms with Crippen LogP contribution in [0.25, 0.3) is 0 Å². The third-order valence-electron chi connectivity index (χ3n) is 1.48. The molecular weight excluding hydrogens is 248 g/mol. The number of carbonyl (C=O) groups is 4. The predicted octanol–water partition coefficient (Wildman–Crippen LogP) is -0.797. The van der Waals surface area contributed by atoms with Crippen molar-refractivity contribution in [2.75, 3.05) is 0 Å². The molecule has 0 rings (SSSR count). The van der Waals surface area contributed by atoms with Gasteiger partial charge in [-0.1, -0.05) is 0 Å². The van der Waals surface area contributed by atoms with Crippen molar-refractivity contribution in [3.8, 4) is 0 Å². The van der Waals surface area contributed by atoms with Gasteiger partial charge in [0, 0.05) is 23.1 Å². The third-order valence-corrected chi connectivity index (χ3v) is 1.48. The number of hydrogen-bond acceptors (Lipinski definition) is 4. The minimum Gasteiger partial charge on any atom is -0.481 e. The fraction of sp³-hybridized carbons (Fsp3) is 0.500. The molecule has 0 bridgehead atoms. The molecule has 8 nitrogen and oxygen atoms in total. The first-order valence-corrected chi connectivity index (χ1v) is 4.02. The van der Waals surface area contributed by atoms with Crippen molar-refractivity contribution in [1.29, 1.82) is 0 Å². The number of carboxylic acid groups (broad SMARTS) is 4. The van der Waals surface area contributed by atoms with Gasteiger partial charge in [-0.3, -0.25) is 19.2 Å². The summed E-state index contributed by atoms with van der Waals surface area (Å²) in [5.41, 5.74) is 0. The van der Waals surface area contributed by atoms with E-state index in [1.807, 2.05) is 0 Å². The van der Waals surface area contributed by atoms with Crippen molar-refractivity contribution in [2.45, 2.75) is 13.8 Å². The van der Waals surface area contributed by atoms with Crippen LogP contribution in [0.1, 0.15) is 13.8 Å². The molecule has 2 radical (unpaired) electrons. The van der Waals surface area contributed by atoms with Gasteiger partial charge in [-0.2, -0.15) is 0 Å². The van der Waals surface area contributed by atoms with E-state index in [9.17, 15) is 19.2 Å². The Morgan fingerprint density at radius 2 is 0.765 bits per heavy atom. The molecule has 0 aromatic rings. The second-order valence-electron chi connectivity index (χ2n) is 2.80. The van der Waals surface area contributed by atoms with E-state index in [1.54, 1.807) is 0 Å². The highest BCUT2D eigenvalue weighted by Crippen LogP contribution is 1.92. The van der Waals surface area contributed by atoms with Crippen molar-refractivity contribution in [2.24, 2.45) is 11.8 Å². The summed E-state index contributed by atoms with van der Waals surface area (Å²) in [4.78, 5) is 39.0. The number of aliphatic carboxylic acids is 4. The van der Waals surface area contributed by atoms with E-state index in [0.717, 1.165) is 13.8 Å². The summed E-state index contributed by atoms with van der Waals surface area (Å²) in [5.74, 6) is -7.82. The maximum Gasteiger partial charge on any atom is 0.317 e. The Labute approximate surface area is 112 Å². The van der Waals surface area contributed by atoms with Crippen LogP contribution < -0.4 is 0 Å². The predicted molar refractivity (Wildman–Crippen MR) is 54.6 cm³/mol. The Morgan fingerprint density at radius 1 is 0.647 bits per heavy atom. The summed E-state index contributed by atoms with van der Waals surface area (Å²) in [7, 11) is 0. The van der Waals surface area contributed by atoms with E-state index in [0.29, 0.717) is 0 Å². The fourth-order valence-electron chi connectivity index (χ4n) is 0.211. The van der Waals surface area contributed by atoms with Crippen molar-refractivity contribution >= 4 is 46.9 Å². The monoisotopic (exact) mass is 260 g/mol. The van der Waals surface area contributed by atoms with Gasteiger partial charge < -0.3 is 20.4 Å². The van der Waals surface area contributed by atoms with Gasteiger partial charge in [0.25, 0.3) is 0 Å².